The van der Waals surface area contributed by atoms with Crippen LogP contribution in [0.15, 0.2) is 40.9 Å². The van der Waals surface area contributed by atoms with E-state index in [1.165, 1.54) is 0 Å². The van der Waals surface area contributed by atoms with Crippen LogP contribution in [0.25, 0.3) is 10.9 Å². The lowest BCUT2D eigenvalue weighted by molar-refractivity contribution is 0.0354. The van der Waals surface area contributed by atoms with Crippen LogP contribution >= 0.6 is 15.9 Å². The molecule has 3 aromatic rings. The number of rotatable bonds is 4. The monoisotopic (exact) mass is 507 g/mol. The topological polar surface area (TPSA) is 66.2 Å². The number of hydrogen-bond donors (Lipinski definition) is 3. The summed E-state index contributed by atoms with van der Waals surface area (Å²) in [6, 6.07) is 12.2. The number of carbonyl (C=O) groups is 1. The fraction of sp³-hybridized carbons (Fsp3) is 0.444. The highest BCUT2D eigenvalue weighted by Crippen LogP contribution is 2.45. The van der Waals surface area contributed by atoms with E-state index in [0.29, 0.717) is 11.8 Å². The number of ketones is 1. The molecule has 1 aliphatic carbocycles. The van der Waals surface area contributed by atoms with E-state index >= 15 is 0 Å². The summed E-state index contributed by atoms with van der Waals surface area (Å²) in [4.78, 5) is 17.2. The second-order valence-corrected chi connectivity index (χ2v) is 11.2. The molecule has 3 N–H and O–H groups in total. The van der Waals surface area contributed by atoms with Crippen LogP contribution in [0, 0.1) is 11.8 Å². The van der Waals surface area contributed by atoms with Crippen molar-refractivity contribution in [3.8, 4) is 5.75 Å². The number of aromatic amines is 1. The van der Waals surface area contributed by atoms with Gasteiger partial charge in [0.1, 0.15) is 11.9 Å². The van der Waals surface area contributed by atoms with Crippen molar-refractivity contribution in [2.75, 3.05) is 26.2 Å². The number of halogens is 1. The maximum Gasteiger partial charge on any atom is 0.195 e. The first-order valence-corrected chi connectivity index (χ1v) is 12.8. The Labute approximate surface area is 202 Å². The number of carbonyl (C=O) groups excluding carboxylic acids is 1. The Morgan fingerprint density at radius 3 is 2.55 bits per heavy atom. The smallest absolute Gasteiger partial charge is 0.195 e. The van der Waals surface area contributed by atoms with Gasteiger partial charge in [0.05, 0.1) is 5.56 Å². The quantitative estimate of drug-likeness (QED) is 0.475. The molecule has 2 saturated heterocycles. The van der Waals surface area contributed by atoms with Gasteiger partial charge < -0.3 is 20.4 Å². The van der Waals surface area contributed by atoms with Crippen LogP contribution in [0.3, 0.4) is 0 Å². The van der Waals surface area contributed by atoms with Gasteiger partial charge in [0.2, 0.25) is 0 Å². The van der Waals surface area contributed by atoms with Crippen LogP contribution in [0.2, 0.25) is 0 Å². The van der Waals surface area contributed by atoms with Gasteiger partial charge in [-0.15, -0.1) is 0 Å². The van der Waals surface area contributed by atoms with E-state index in [2.05, 4.69) is 51.5 Å². The Morgan fingerprint density at radius 1 is 1.03 bits per heavy atom. The van der Waals surface area contributed by atoms with Gasteiger partial charge in [-0.05, 0) is 67.7 Å². The predicted octanol–water partition coefficient (Wildman–Crippen LogP) is 4.77. The third kappa shape index (κ3) is 3.46. The van der Waals surface area contributed by atoms with Gasteiger partial charge >= 0.3 is 0 Å². The molecule has 6 heteroatoms. The third-order valence-electron chi connectivity index (χ3n) is 7.92. The molecule has 2 fully saturated rings. The fourth-order valence-corrected chi connectivity index (χ4v) is 6.27. The molecule has 5 nitrogen and oxygen atoms in total. The number of benzene rings is 2. The molecule has 33 heavy (non-hydrogen) atoms. The highest BCUT2D eigenvalue weighted by molar-refractivity contribution is 9.10. The van der Waals surface area contributed by atoms with Crippen molar-refractivity contribution in [2.24, 2.45) is 11.8 Å². The van der Waals surface area contributed by atoms with Gasteiger partial charge in [-0.1, -0.05) is 35.8 Å². The van der Waals surface area contributed by atoms with E-state index in [1.54, 1.807) is 0 Å². The van der Waals surface area contributed by atoms with Gasteiger partial charge in [0.15, 0.2) is 5.78 Å². The highest BCUT2D eigenvalue weighted by Gasteiger charge is 2.41. The molecule has 1 aromatic heterocycles. The molecule has 0 amide bonds. The van der Waals surface area contributed by atoms with E-state index in [9.17, 15) is 4.79 Å². The summed E-state index contributed by atoms with van der Waals surface area (Å²) < 4.78 is 7.72. The molecular formula is C27H30BrN3O2. The van der Waals surface area contributed by atoms with E-state index in [0.717, 1.165) is 82.5 Å². The summed E-state index contributed by atoms with van der Waals surface area (Å²) in [6.45, 7) is 8.58. The lowest BCUT2D eigenvalue weighted by Crippen LogP contribution is -2.54. The molecule has 1 atom stereocenters. The van der Waals surface area contributed by atoms with Crippen molar-refractivity contribution >= 4 is 32.6 Å². The van der Waals surface area contributed by atoms with Gasteiger partial charge in [0, 0.05) is 51.1 Å². The van der Waals surface area contributed by atoms with Crippen molar-refractivity contribution in [3.63, 3.8) is 0 Å². The first-order valence-electron chi connectivity index (χ1n) is 12.0. The van der Waals surface area contributed by atoms with Gasteiger partial charge in [-0.3, -0.25) is 4.79 Å². The Bertz CT molecular complexity index is 1240. The Kier molecular flexibility index (Phi) is 5.16. The molecule has 0 radical (unpaired) electrons. The van der Waals surface area contributed by atoms with Gasteiger partial charge in [0.25, 0.3) is 0 Å². The SMILES string of the molecule is CC1(C)c2cc(OC(C3CCNCC3)C3CNC3)ccc2C(=O)c2c1[nH]c1cc(Br)ccc21. The zero-order chi connectivity index (χ0) is 22.7. The zero-order valence-electron chi connectivity index (χ0n) is 19.1. The van der Waals surface area contributed by atoms with E-state index in [-0.39, 0.29) is 17.3 Å². The summed E-state index contributed by atoms with van der Waals surface area (Å²) >= 11 is 3.56. The first kappa shape index (κ1) is 21.4. The number of ether oxygens (including phenoxy) is 1. The third-order valence-corrected chi connectivity index (χ3v) is 8.41. The Hall–Kier alpha value is -2.15. The zero-order valence-corrected chi connectivity index (χ0v) is 20.7. The second-order valence-electron chi connectivity index (χ2n) is 10.3. The number of piperidine rings is 1. The predicted molar refractivity (Wildman–Crippen MR) is 134 cm³/mol. The van der Waals surface area contributed by atoms with Crippen molar-refractivity contribution in [3.05, 3.63) is 63.3 Å². The van der Waals surface area contributed by atoms with Crippen LogP contribution < -0.4 is 15.4 Å². The summed E-state index contributed by atoms with van der Waals surface area (Å²) in [7, 11) is 0. The average molecular weight is 508 g/mol. The molecule has 3 heterocycles. The van der Waals surface area contributed by atoms with Crippen molar-refractivity contribution in [2.45, 2.75) is 38.2 Å². The molecule has 2 aromatic carbocycles. The normalized spacial score (nSPS) is 21.4. The van der Waals surface area contributed by atoms with Gasteiger partial charge in [-0.2, -0.15) is 0 Å². The number of nitrogens with one attached hydrogen (secondary N) is 3. The number of H-pyrrole nitrogens is 1. The molecule has 0 saturated carbocycles. The van der Waals surface area contributed by atoms with E-state index in [4.69, 9.17) is 4.74 Å². The Morgan fingerprint density at radius 2 is 1.82 bits per heavy atom. The summed E-state index contributed by atoms with van der Waals surface area (Å²) in [5.41, 5.74) is 4.28. The molecule has 172 valence electrons. The number of hydrogen-bond acceptors (Lipinski definition) is 4. The number of aromatic nitrogens is 1. The van der Waals surface area contributed by atoms with E-state index < -0.39 is 0 Å². The maximum absolute atomic E-state index is 13.6. The molecular weight excluding hydrogens is 478 g/mol. The molecule has 1 unspecified atom stereocenters. The summed E-state index contributed by atoms with van der Waals surface area (Å²) in [6.07, 6.45) is 2.53. The summed E-state index contributed by atoms with van der Waals surface area (Å²) in [5, 5.41) is 7.88. The highest BCUT2D eigenvalue weighted by atomic mass is 79.9. The standard InChI is InChI=1S/C27H30BrN3O2/c1-27(2)21-12-18(33-25(16-13-30-14-16)15-7-9-29-10-8-15)4-6-19(21)24(32)23-20-5-3-17(28)11-22(20)31-26(23)27/h3-6,11-12,15-16,25,29-31H,7-10,13-14H2,1-2H3. The molecule has 6 rings (SSSR count). The van der Waals surface area contributed by atoms with Crippen LogP contribution in [0.4, 0.5) is 0 Å². The largest absolute Gasteiger partial charge is 0.490 e. The second kappa shape index (κ2) is 7.97. The average Bonchev–Trinajstić information content (AvgIpc) is 3.16. The number of fused-ring (bicyclic) bond motifs is 4. The first-order chi connectivity index (χ1) is 15.9. The minimum atomic E-state index is -0.328. The summed E-state index contributed by atoms with van der Waals surface area (Å²) in [5.74, 6) is 2.10. The van der Waals surface area contributed by atoms with Crippen molar-refractivity contribution < 1.29 is 9.53 Å². The van der Waals surface area contributed by atoms with Crippen LogP contribution in [-0.4, -0.2) is 43.1 Å². The van der Waals surface area contributed by atoms with Crippen molar-refractivity contribution in [1.82, 2.24) is 15.6 Å². The molecule has 3 aliphatic rings. The molecule has 0 bridgehead atoms. The van der Waals surface area contributed by atoms with Crippen molar-refractivity contribution in [1.29, 1.82) is 0 Å². The van der Waals surface area contributed by atoms with Gasteiger partial charge in [-0.25, -0.2) is 0 Å². The minimum Gasteiger partial charge on any atom is -0.490 e. The molecule has 0 spiro atoms. The fourth-order valence-electron chi connectivity index (χ4n) is 5.91. The van der Waals surface area contributed by atoms with E-state index in [1.807, 2.05) is 30.3 Å². The molecule has 2 aliphatic heterocycles. The van der Waals surface area contributed by atoms with Crippen LogP contribution in [0.5, 0.6) is 5.75 Å². The van der Waals surface area contributed by atoms with Crippen LogP contribution in [-0.2, 0) is 5.41 Å². The lowest BCUT2D eigenvalue weighted by Gasteiger charge is -2.41. The maximum atomic E-state index is 13.6. The minimum absolute atomic E-state index is 0.0949. The van der Waals surface area contributed by atoms with Crippen LogP contribution in [0.1, 0.15) is 53.9 Å². The lowest BCUT2D eigenvalue weighted by atomic mass is 9.71. The Balaban J connectivity index is 1.38.